The molecule has 8 heteroatoms. The molecule has 2 fully saturated rings. The number of rotatable bonds is 5. The lowest BCUT2D eigenvalue weighted by Crippen LogP contribution is -2.49. The second-order valence-electron chi connectivity index (χ2n) is 6.84. The molecule has 1 aromatic rings. The zero-order valence-electron chi connectivity index (χ0n) is 15.6. The zero-order chi connectivity index (χ0) is 20.4. The number of carbonyl (C=O) groups excluding carboxylic acids is 4. The summed E-state index contributed by atoms with van der Waals surface area (Å²) in [6.45, 7) is 1.48. The minimum Gasteiger partial charge on any atom is -0.468 e. The highest BCUT2D eigenvalue weighted by atomic mass is 16.5. The van der Waals surface area contributed by atoms with Crippen LogP contribution in [0.4, 0.5) is 0 Å². The number of likely N-dealkylation sites (tertiary alicyclic amines) is 1. The number of aryl methyl sites for hydroxylation is 1. The molecule has 0 aromatic heterocycles. The van der Waals surface area contributed by atoms with Crippen molar-refractivity contribution in [3.8, 4) is 12.3 Å². The number of nitrogens with one attached hydrogen (secondary N) is 2. The Bertz CT molecular complexity index is 858. The van der Waals surface area contributed by atoms with E-state index in [0.29, 0.717) is 0 Å². The molecule has 2 aliphatic heterocycles. The first-order valence-corrected chi connectivity index (χ1v) is 8.85. The average molecular weight is 383 g/mol. The van der Waals surface area contributed by atoms with Gasteiger partial charge in [0, 0.05) is 6.04 Å². The minimum absolute atomic E-state index is 0.137. The number of benzene rings is 1. The number of terminal acetylenes is 1. The molecule has 0 unspecified atom stereocenters. The van der Waals surface area contributed by atoms with Gasteiger partial charge in [-0.3, -0.25) is 29.4 Å². The van der Waals surface area contributed by atoms with Crippen molar-refractivity contribution in [1.29, 1.82) is 0 Å². The predicted octanol–water partition coefficient (Wildman–Crippen LogP) is -0.468. The molecule has 2 N–H and O–H groups in total. The number of imide groups is 1. The molecule has 2 aliphatic rings. The van der Waals surface area contributed by atoms with Crippen molar-refractivity contribution in [2.75, 3.05) is 20.2 Å². The molecular weight excluding hydrogens is 362 g/mol. The summed E-state index contributed by atoms with van der Waals surface area (Å²) in [4.78, 5) is 50.7. The van der Waals surface area contributed by atoms with Crippen LogP contribution in [0.2, 0.25) is 0 Å². The van der Waals surface area contributed by atoms with Gasteiger partial charge in [0.1, 0.15) is 6.54 Å². The Hall–Kier alpha value is -3.18. The number of esters is 1. The second-order valence-corrected chi connectivity index (χ2v) is 6.84. The number of hydrogen-bond acceptors (Lipinski definition) is 6. The van der Waals surface area contributed by atoms with Crippen LogP contribution in [-0.4, -0.2) is 54.8 Å². The summed E-state index contributed by atoms with van der Waals surface area (Å²) in [5.41, 5.74) is 1.85. The minimum atomic E-state index is -0.958. The first kappa shape index (κ1) is 19.6. The van der Waals surface area contributed by atoms with Crippen LogP contribution in [0.5, 0.6) is 0 Å². The van der Waals surface area contributed by atoms with Crippen LogP contribution in [0, 0.1) is 31.1 Å². The van der Waals surface area contributed by atoms with E-state index < -0.39 is 47.6 Å². The van der Waals surface area contributed by atoms with Gasteiger partial charge in [-0.25, -0.2) is 0 Å². The standard InChI is InChI=1S/C20H21N3O5/c1-4-9-23-19(26)14-15(20(23)27)17(18(25)21-10-13(24)28-3)22-16(14)12-7-5-11(2)6-8-12/h1,5-8,14-17,22H,9-10H2,2-3H3,(H,21,25)/t14-,15+,16+,17+/m0/s1. The van der Waals surface area contributed by atoms with Crippen LogP contribution >= 0.6 is 0 Å². The largest absolute Gasteiger partial charge is 0.468 e. The average Bonchev–Trinajstić information content (AvgIpc) is 3.19. The number of carbonyl (C=O) groups is 4. The lowest BCUT2D eigenvalue weighted by Gasteiger charge is -2.21. The second kappa shape index (κ2) is 7.82. The molecule has 0 bridgehead atoms. The Labute approximate surface area is 162 Å². The van der Waals surface area contributed by atoms with Crippen LogP contribution < -0.4 is 10.6 Å². The summed E-state index contributed by atoms with van der Waals surface area (Å²) >= 11 is 0. The van der Waals surface area contributed by atoms with Crippen molar-refractivity contribution < 1.29 is 23.9 Å². The highest BCUT2D eigenvalue weighted by molar-refractivity contribution is 6.09. The monoisotopic (exact) mass is 383 g/mol. The van der Waals surface area contributed by atoms with Gasteiger partial charge in [-0.05, 0) is 12.5 Å². The molecule has 2 heterocycles. The van der Waals surface area contributed by atoms with Gasteiger partial charge in [-0.1, -0.05) is 35.7 Å². The molecule has 0 saturated carbocycles. The van der Waals surface area contributed by atoms with E-state index in [0.717, 1.165) is 16.0 Å². The van der Waals surface area contributed by atoms with E-state index in [2.05, 4.69) is 21.3 Å². The van der Waals surface area contributed by atoms with E-state index in [-0.39, 0.29) is 13.1 Å². The molecule has 0 aliphatic carbocycles. The van der Waals surface area contributed by atoms with Crippen LogP contribution in [0.3, 0.4) is 0 Å². The maximum Gasteiger partial charge on any atom is 0.325 e. The molecule has 0 spiro atoms. The van der Waals surface area contributed by atoms with E-state index in [1.165, 1.54) is 7.11 Å². The van der Waals surface area contributed by atoms with Crippen LogP contribution in [0.1, 0.15) is 17.2 Å². The van der Waals surface area contributed by atoms with Gasteiger partial charge in [0.15, 0.2) is 0 Å². The quantitative estimate of drug-likeness (QED) is 0.405. The van der Waals surface area contributed by atoms with Crippen LogP contribution in [0.25, 0.3) is 0 Å². The SMILES string of the molecule is C#CCN1C(=O)[C@@H]2[C@H](C1=O)[C@@H](c1ccc(C)cc1)N[C@H]2C(=O)NCC(=O)OC. The number of amides is 3. The van der Waals surface area contributed by atoms with Crippen molar-refractivity contribution in [2.24, 2.45) is 11.8 Å². The number of ether oxygens (including phenoxy) is 1. The van der Waals surface area contributed by atoms with Crippen molar-refractivity contribution in [2.45, 2.75) is 19.0 Å². The first-order chi connectivity index (χ1) is 13.4. The maximum absolute atomic E-state index is 12.9. The summed E-state index contributed by atoms with van der Waals surface area (Å²) in [6.07, 6.45) is 5.29. The summed E-state index contributed by atoms with van der Waals surface area (Å²) in [5, 5.41) is 5.56. The Morgan fingerprint density at radius 1 is 1.21 bits per heavy atom. The van der Waals surface area contributed by atoms with Crippen LogP contribution in [0.15, 0.2) is 24.3 Å². The third kappa shape index (κ3) is 3.37. The summed E-state index contributed by atoms with van der Waals surface area (Å²) < 4.78 is 4.51. The number of hydrogen-bond donors (Lipinski definition) is 2. The van der Waals surface area contributed by atoms with E-state index in [9.17, 15) is 19.2 Å². The number of methoxy groups -OCH3 is 1. The van der Waals surface area contributed by atoms with E-state index >= 15 is 0 Å². The molecule has 2 saturated heterocycles. The van der Waals surface area contributed by atoms with Gasteiger partial charge >= 0.3 is 5.97 Å². The van der Waals surface area contributed by atoms with Crippen LogP contribution in [-0.2, 0) is 23.9 Å². The summed E-state index contributed by atoms with van der Waals surface area (Å²) in [5.74, 6) is -1.33. The Kier molecular flexibility index (Phi) is 5.47. The lowest BCUT2D eigenvalue weighted by molar-refractivity contribution is -0.142. The molecule has 3 rings (SSSR count). The normalized spacial score (nSPS) is 26.0. The van der Waals surface area contributed by atoms with Crippen molar-refractivity contribution in [3.05, 3.63) is 35.4 Å². The fraction of sp³-hybridized carbons (Fsp3) is 0.400. The van der Waals surface area contributed by atoms with E-state index in [4.69, 9.17) is 6.42 Å². The molecule has 28 heavy (non-hydrogen) atoms. The molecule has 4 atom stereocenters. The third-order valence-electron chi connectivity index (χ3n) is 5.17. The zero-order valence-corrected chi connectivity index (χ0v) is 15.6. The van der Waals surface area contributed by atoms with Gasteiger partial charge in [-0.15, -0.1) is 6.42 Å². The van der Waals surface area contributed by atoms with Gasteiger partial charge in [-0.2, -0.15) is 0 Å². The van der Waals surface area contributed by atoms with E-state index in [1.54, 1.807) is 0 Å². The van der Waals surface area contributed by atoms with E-state index in [1.807, 2.05) is 31.2 Å². The van der Waals surface area contributed by atoms with Gasteiger partial charge in [0.25, 0.3) is 0 Å². The summed E-state index contributed by atoms with van der Waals surface area (Å²) in [7, 11) is 1.21. The summed E-state index contributed by atoms with van der Waals surface area (Å²) in [6, 6.07) is 6.05. The fourth-order valence-electron chi connectivity index (χ4n) is 3.78. The molecule has 3 amide bonds. The smallest absolute Gasteiger partial charge is 0.325 e. The van der Waals surface area contributed by atoms with Crippen molar-refractivity contribution in [3.63, 3.8) is 0 Å². The molecule has 1 aromatic carbocycles. The first-order valence-electron chi connectivity index (χ1n) is 8.85. The Balaban J connectivity index is 1.91. The lowest BCUT2D eigenvalue weighted by atomic mass is 9.86. The number of fused-ring (bicyclic) bond motifs is 1. The van der Waals surface area contributed by atoms with Crippen molar-refractivity contribution in [1.82, 2.24) is 15.5 Å². The van der Waals surface area contributed by atoms with Gasteiger partial charge in [0.2, 0.25) is 17.7 Å². The molecule has 0 radical (unpaired) electrons. The third-order valence-corrected chi connectivity index (χ3v) is 5.17. The fourth-order valence-corrected chi connectivity index (χ4v) is 3.78. The maximum atomic E-state index is 12.9. The number of nitrogens with zero attached hydrogens (tertiary/aromatic N) is 1. The Morgan fingerprint density at radius 2 is 1.86 bits per heavy atom. The topological polar surface area (TPSA) is 105 Å². The van der Waals surface area contributed by atoms with Gasteiger partial charge < -0.3 is 10.1 Å². The highest BCUT2D eigenvalue weighted by Gasteiger charge is 2.60. The molecular formula is C20H21N3O5. The highest BCUT2D eigenvalue weighted by Crippen LogP contribution is 2.43. The molecule has 8 nitrogen and oxygen atoms in total. The molecule has 146 valence electrons. The Morgan fingerprint density at radius 3 is 2.46 bits per heavy atom. The predicted molar refractivity (Wildman–Crippen MR) is 98.4 cm³/mol. The van der Waals surface area contributed by atoms with Crippen molar-refractivity contribution >= 4 is 23.7 Å². The van der Waals surface area contributed by atoms with Gasteiger partial charge in [0.05, 0.1) is 31.5 Å².